The number of carbonyl (C=O) groups is 1. The first-order valence-corrected chi connectivity index (χ1v) is 5.58. The van der Waals surface area contributed by atoms with Crippen LogP contribution in [-0.4, -0.2) is 48.1 Å². The molecule has 0 bridgehead atoms. The van der Waals surface area contributed by atoms with Crippen LogP contribution in [0.2, 0.25) is 0 Å². The maximum absolute atomic E-state index is 12.0. The summed E-state index contributed by atoms with van der Waals surface area (Å²) in [6.45, 7) is 3.18. The van der Waals surface area contributed by atoms with Gasteiger partial charge < -0.3 is 15.5 Å². The van der Waals surface area contributed by atoms with Crippen molar-refractivity contribution in [3.63, 3.8) is 0 Å². The molecule has 1 saturated carbocycles. The van der Waals surface area contributed by atoms with Gasteiger partial charge in [0, 0.05) is 32.2 Å². The molecule has 4 heteroatoms. The van der Waals surface area contributed by atoms with Gasteiger partial charge in [-0.1, -0.05) is 0 Å². The minimum Gasteiger partial charge on any atom is -0.329 e. The van der Waals surface area contributed by atoms with E-state index in [1.807, 2.05) is 9.80 Å². The Morgan fingerprint density at radius 1 is 1.36 bits per heavy atom. The highest BCUT2D eigenvalue weighted by Gasteiger charge is 2.34. The Balaban J connectivity index is 1.91. The molecule has 1 saturated heterocycles. The molecule has 1 heterocycles. The smallest absolute Gasteiger partial charge is 0.320 e. The quantitative estimate of drug-likeness (QED) is 0.721. The lowest BCUT2D eigenvalue weighted by Gasteiger charge is -2.27. The van der Waals surface area contributed by atoms with Gasteiger partial charge >= 0.3 is 6.03 Å². The van der Waals surface area contributed by atoms with Gasteiger partial charge in [-0.15, -0.1) is 0 Å². The number of amides is 2. The molecule has 0 unspecified atom stereocenters. The summed E-state index contributed by atoms with van der Waals surface area (Å²) in [4.78, 5) is 15.9. The number of urea groups is 1. The van der Waals surface area contributed by atoms with Crippen LogP contribution >= 0.6 is 0 Å². The van der Waals surface area contributed by atoms with E-state index in [4.69, 9.17) is 5.73 Å². The molecule has 0 radical (unpaired) electrons. The fourth-order valence-electron chi connectivity index (χ4n) is 2.05. The Morgan fingerprint density at radius 2 is 2.00 bits per heavy atom. The molecule has 0 atom stereocenters. The van der Waals surface area contributed by atoms with E-state index in [9.17, 15) is 4.79 Å². The van der Waals surface area contributed by atoms with Crippen molar-refractivity contribution < 1.29 is 4.79 Å². The second-order valence-corrected chi connectivity index (χ2v) is 4.19. The predicted octanol–water partition coefficient (Wildman–Crippen LogP) is 0.625. The molecule has 0 aromatic rings. The Hall–Kier alpha value is -0.770. The average molecular weight is 197 g/mol. The third-order valence-electron chi connectivity index (χ3n) is 2.98. The highest BCUT2D eigenvalue weighted by molar-refractivity contribution is 5.75. The van der Waals surface area contributed by atoms with Crippen LogP contribution in [0, 0.1) is 0 Å². The van der Waals surface area contributed by atoms with E-state index in [0.717, 1.165) is 32.5 Å². The third kappa shape index (κ3) is 2.00. The van der Waals surface area contributed by atoms with Gasteiger partial charge in [-0.25, -0.2) is 4.79 Å². The lowest BCUT2D eigenvalue weighted by molar-refractivity contribution is 0.161. The van der Waals surface area contributed by atoms with Crippen LogP contribution in [0.1, 0.15) is 25.7 Å². The summed E-state index contributed by atoms with van der Waals surface area (Å²) in [5, 5.41) is 0. The molecule has 2 N–H and O–H groups in total. The van der Waals surface area contributed by atoms with Crippen LogP contribution in [-0.2, 0) is 0 Å². The SMILES string of the molecule is NCCN(C(=O)N1CCCC1)C1CC1. The normalized spacial score (nSPS) is 21.4. The molecular formula is C10H19N3O. The largest absolute Gasteiger partial charge is 0.329 e. The summed E-state index contributed by atoms with van der Waals surface area (Å²) >= 11 is 0. The van der Waals surface area contributed by atoms with Crippen molar-refractivity contribution >= 4 is 6.03 Å². The topological polar surface area (TPSA) is 49.6 Å². The summed E-state index contributed by atoms with van der Waals surface area (Å²) in [6.07, 6.45) is 4.65. The zero-order valence-electron chi connectivity index (χ0n) is 8.61. The van der Waals surface area contributed by atoms with E-state index >= 15 is 0 Å². The number of rotatable bonds is 3. The number of hydrogen-bond acceptors (Lipinski definition) is 2. The molecule has 0 aromatic carbocycles. The summed E-state index contributed by atoms with van der Waals surface area (Å²) in [6, 6.07) is 0.710. The molecule has 2 rings (SSSR count). The molecule has 80 valence electrons. The zero-order chi connectivity index (χ0) is 9.97. The first-order chi connectivity index (χ1) is 6.83. The molecule has 2 amide bonds. The standard InChI is InChI=1S/C10H19N3O/c11-5-8-13(9-3-4-9)10(14)12-6-1-2-7-12/h9H,1-8,11H2. The van der Waals surface area contributed by atoms with E-state index in [1.165, 1.54) is 12.8 Å². The van der Waals surface area contributed by atoms with Crippen molar-refractivity contribution in [2.45, 2.75) is 31.7 Å². The zero-order valence-corrected chi connectivity index (χ0v) is 8.61. The van der Waals surface area contributed by atoms with Gasteiger partial charge in [-0.05, 0) is 25.7 Å². The van der Waals surface area contributed by atoms with Gasteiger partial charge in [-0.2, -0.15) is 0 Å². The van der Waals surface area contributed by atoms with Gasteiger partial charge in [0.15, 0.2) is 0 Å². The van der Waals surface area contributed by atoms with Gasteiger partial charge in [-0.3, -0.25) is 0 Å². The molecule has 14 heavy (non-hydrogen) atoms. The van der Waals surface area contributed by atoms with Crippen molar-refractivity contribution in [2.75, 3.05) is 26.2 Å². The fraction of sp³-hybridized carbons (Fsp3) is 0.900. The van der Waals surface area contributed by atoms with Gasteiger partial charge in [0.05, 0.1) is 0 Å². The monoisotopic (exact) mass is 197 g/mol. The van der Waals surface area contributed by atoms with Gasteiger partial charge in [0.2, 0.25) is 0 Å². The first kappa shape index (κ1) is 9.77. The van der Waals surface area contributed by atoms with Crippen molar-refractivity contribution in [1.29, 1.82) is 0 Å². The van der Waals surface area contributed by atoms with Crippen LogP contribution in [0.3, 0.4) is 0 Å². The molecule has 1 aliphatic carbocycles. The number of nitrogens with zero attached hydrogens (tertiary/aromatic N) is 2. The van der Waals surface area contributed by atoms with Crippen LogP contribution in [0.5, 0.6) is 0 Å². The molecule has 1 aliphatic heterocycles. The van der Waals surface area contributed by atoms with Crippen LogP contribution in [0.25, 0.3) is 0 Å². The number of carbonyl (C=O) groups excluding carboxylic acids is 1. The molecule has 4 nitrogen and oxygen atoms in total. The third-order valence-corrected chi connectivity index (χ3v) is 2.98. The van der Waals surface area contributed by atoms with E-state index in [1.54, 1.807) is 0 Å². The fourth-order valence-corrected chi connectivity index (χ4v) is 2.05. The predicted molar refractivity (Wildman–Crippen MR) is 55.0 cm³/mol. The minimum atomic E-state index is 0.218. The Kier molecular flexibility index (Phi) is 2.91. The summed E-state index contributed by atoms with van der Waals surface area (Å²) in [5.41, 5.74) is 5.52. The van der Waals surface area contributed by atoms with E-state index in [2.05, 4.69) is 0 Å². The van der Waals surface area contributed by atoms with Gasteiger partial charge in [0.25, 0.3) is 0 Å². The Morgan fingerprint density at radius 3 is 2.50 bits per heavy atom. The van der Waals surface area contributed by atoms with E-state index in [0.29, 0.717) is 12.6 Å². The summed E-state index contributed by atoms with van der Waals surface area (Å²) < 4.78 is 0. The molecule has 2 fully saturated rings. The van der Waals surface area contributed by atoms with Crippen molar-refractivity contribution in [3.05, 3.63) is 0 Å². The number of nitrogens with two attached hydrogens (primary N) is 1. The molecule has 2 aliphatic rings. The second kappa shape index (κ2) is 4.17. The first-order valence-electron chi connectivity index (χ1n) is 5.58. The Labute approximate surface area is 85.0 Å². The van der Waals surface area contributed by atoms with Gasteiger partial charge in [0.1, 0.15) is 0 Å². The minimum absolute atomic E-state index is 0.218. The van der Waals surface area contributed by atoms with Crippen molar-refractivity contribution in [3.8, 4) is 0 Å². The lowest BCUT2D eigenvalue weighted by atomic mass is 10.4. The Bertz CT molecular complexity index is 209. The van der Waals surface area contributed by atoms with Crippen molar-refractivity contribution in [2.24, 2.45) is 5.73 Å². The van der Waals surface area contributed by atoms with Crippen LogP contribution < -0.4 is 5.73 Å². The highest BCUT2D eigenvalue weighted by Crippen LogP contribution is 2.28. The van der Waals surface area contributed by atoms with Crippen LogP contribution in [0.15, 0.2) is 0 Å². The maximum Gasteiger partial charge on any atom is 0.320 e. The summed E-state index contributed by atoms with van der Waals surface area (Å²) in [5.74, 6) is 0. The number of likely N-dealkylation sites (tertiary alicyclic amines) is 1. The van der Waals surface area contributed by atoms with Crippen LogP contribution in [0.4, 0.5) is 4.79 Å². The lowest BCUT2D eigenvalue weighted by Crippen LogP contribution is -2.45. The highest BCUT2D eigenvalue weighted by atomic mass is 16.2. The second-order valence-electron chi connectivity index (χ2n) is 4.19. The van der Waals surface area contributed by atoms with E-state index < -0.39 is 0 Å². The molecule has 0 aromatic heterocycles. The average Bonchev–Trinajstić information content (AvgIpc) is 2.88. The van der Waals surface area contributed by atoms with Crippen molar-refractivity contribution in [1.82, 2.24) is 9.80 Å². The molecular weight excluding hydrogens is 178 g/mol. The summed E-state index contributed by atoms with van der Waals surface area (Å²) in [7, 11) is 0. The van der Waals surface area contributed by atoms with E-state index in [-0.39, 0.29) is 6.03 Å². The number of hydrogen-bond donors (Lipinski definition) is 1. The maximum atomic E-state index is 12.0. The molecule has 0 spiro atoms.